The Hall–Kier alpha value is -3.37. The fourth-order valence-corrected chi connectivity index (χ4v) is 4.16. The summed E-state index contributed by atoms with van der Waals surface area (Å²) in [6, 6.07) is 6.99. The summed E-state index contributed by atoms with van der Waals surface area (Å²) >= 11 is 0.833. The van der Waals surface area contributed by atoms with Gasteiger partial charge in [0.25, 0.3) is 11.5 Å². The number of nitriles is 1. The van der Waals surface area contributed by atoms with Crippen molar-refractivity contribution < 1.29 is 22.7 Å². The van der Waals surface area contributed by atoms with Gasteiger partial charge in [0.2, 0.25) is 0 Å². The molecular formula is C20H21F3N6O3S. The van der Waals surface area contributed by atoms with Crippen LogP contribution in [0.5, 0.6) is 0 Å². The molecule has 0 saturated carbocycles. The highest BCUT2D eigenvalue weighted by Crippen LogP contribution is 2.15. The number of anilines is 2. The van der Waals surface area contributed by atoms with Crippen molar-refractivity contribution in [2.24, 2.45) is 0 Å². The number of morpholine rings is 1. The molecule has 33 heavy (non-hydrogen) atoms. The zero-order valence-electron chi connectivity index (χ0n) is 17.6. The number of carbonyl (C=O) groups excluding carboxylic acids is 1. The molecule has 0 radical (unpaired) electrons. The molecule has 2 N–H and O–H groups in total. The molecule has 0 atom stereocenters. The highest BCUT2D eigenvalue weighted by atomic mass is 32.1. The van der Waals surface area contributed by atoms with Gasteiger partial charge in [0, 0.05) is 25.8 Å². The van der Waals surface area contributed by atoms with Crippen molar-refractivity contribution in [1.29, 1.82) is 5.26 Å². The number of amides is 1. The summed E-state index contributed by atoms with van der Waals surface area (Å²) in [4.78, 5) is 31.5. The molecule has 176 valence electrons. The molecule has 2 aromatic rings. The van der Waals surface area contributed by atoms with E-state index in [-0.39, 0.29) is 15.7 Å². The molecule has 1 aliphatic rings. The lowest BCUT2D eigenvalue weighted by Gasteiger charge is -2.27. The summed E-state index contributed by atoms with van der Waals surface area (Å²) in [6.45, 7) is 2.80. The maximum atomic E-state index is 12.7. The minimum absolute atomic E-state index is 0.0206. The third-order valence-electron chi connectivity index (χ3n) is 4.65. The number of alkyl halides is 3. The predicted molar refractivity (Wildman–Crippen MR) is 117 cm³/mol. The zero-order chi connectivity index (χ0) is 24.0. The molecule has 0 bridgehead atoms. The third-order valence-corrected chi connectivity index (χ3v) is 5.78. The van der Waals surface area contributed by atoms with E-state index >= 15 is 0 Å². The van der Waals surface area contributed by atoms with E-state index in [1.807, 2.05) is 12.1 Å². The molecule has 1 fully saturated rings. The summed E-state index contributed by atoms with van der Waals surface area (Å²) in [5, 5.41) is 14.0. The first-order chi connectivity index (χ1) is 15.7. The van der Waals surface area contributed by atoms with Crippen LogP contribution < -0.4 is 30.3 Å². The number of nitrogens with one attached hydrogen (secondary N) is 2. The van der Waals surface area contributed by atoms with Gasteiger partial charge in [-0.2, -0.15) is 18.4 Å². The van der Waals surface area contributed by atoms with Crippen molar-refractivity contribution in [2.45, 2.75) is 19.6 Å². The average molecular weight is 482 g/mol. The SMILES string of the molecule is CCn1c(=C(C#N)C(=O)NCC(F)(F)F)sc(=CNc2cccc(N3CCOCC3)n2)c1=O. The number of aromatic nitrogens is 2. The van der Waals surface area contributed by atoms with Gasteiger partial charge in [-0.05, 0) is 19.1 Å². The molecule has 1 amide bonds. The average Bonchev–Trinajstić information content (AvgIpc) is 3.12. The van der Waals surface area contributed by atoms with Crippen LogP contribution in [0.1, 0.15) is 6.92 Å². The van der Waals surface area contributed by atoms with Gasteiger partial charge in [-0.1, -0.05) is 6.07 Å². The van der Waals surface area contributed by atoms with Crippen molar-refractivity contribution in [1.82, 2.24) is 14.9 Å². The molecule has 1 saturated heterocycles. The van der Waals surface area contributed by atoms with Crippen molar-refractivity contribution in [3.05, 3.63) is 37.7 Å². The number of rotatable bonds is 6. The van der Waals surface area contributed by atoms with E-state index in [9.17, 15) is 28.0 Å². The van der Waals surface area contributed by atoms with Crippen LogP contribution in [-0.4, -0.2) is 54.5 Å². The van der Waals surface area contributed by atoms with Gasteiger partial charge < -0.3 is 20.3 Å². The number of hydrogen-bond acceptors (Lipinski definition) is 8. The van der Waals surface area contributed by atoms with Crippen LogP contribution in [0.4, 0.5) is 24.8 Å². The Balaban J connectivity index is 1.92. The van der Waals surface area contributed by atoms with E-state index in [2.05, 4.69) is 15.2 Å². The number of carbonyl (C=O) groups is 1. The van der Waals surface area contributed by atoms with Gasteiger partial charge in [-0.25, -0.2) is 4.98 Å². The number of hydrogen-bond donors (Lipinski definition) is 2. The van der Waals surface area contributed by atoms with Crippen molar-refractivity contribution >= 4 is 40.7 Å². The Morgan fingerprint density at radius 1 is 1.36 bits per heavy atom. The number of halogens is 3. The van der Waals surface area contributed by atoms with E-state index in [1.54, 1.807) is 24.4 Å². The van der Waals surface area contributed by atoms with Crippen LogP contribution in [0.3, 0.4) is 0 Å². The topological polar surface area (TPSA) is 112 Å². The van der Waals surface area contributed by atoms with E-state index in [0.29, 0.717) is 32.1 Å². The van der Waals surface area contributed by atoms with E-state index in [0.717, 1.165) is 17.2 Å². The van der Waals surface area contributed by atoms with Crippen LogP contribution in [0.25, 0.3) is 11.8 Å². The van der Waals surface area contributed by atoms with Crippen LogP contribution in [-0.2, 0) is 16.1 Å². The standard InChI is InChI=1S/C20H21F3N6O3S/c1-2-29-18(31)14(33-19(29)13(10-24)17(30)26-12-20(21,22)23)11-25-15-4-3-5-16(27-15)28-6-8-32-9-7-28/h3-5,11H,2,6-9,12H2,1H3,(H,25,27)(H,26,30). The third kappa shape index (κ3) is 6.11. The molecule has 9 nitrogen and oxygen atoms in total. The Kier molecular flexibility index (Phi) is 7.72. The first-order valence-corrected chi connectivity index (χ1v) is 10.8. The predicted octanol–water partition coefficient (Wildman–Crippen LogP) is 0.364. The highest BCUT2D eigenvalue weighted by molar-refractivity contribution is 7.07. The quantitative estimate of drug-likeness (QED) is 0.612. The van der Waals surface area contributed by atoms with Gasteiger partial charge in [-0.3, -0.25) is 14.2 Å². The fraction of sp³-hybridized carbons (Fsp3) is 0.400. The molecule has 3 heterocycles. The lowest BCUT2D eigenvalue weighted by Crippen LogP contribution is -2.37. The van der Waals surface area contributed by atoms with Gasteiger partial charge in [0.15, 0.2) is 5.57 Å². The molecule has 3 rings (SSSR count). The minimum atomic E-state index is -4.62. The second-order valence-corrected chi connectivity index (χ2v) is 7.91. The highest BCUT2D eigenvalue weighted by Gasteiger charge is 2.28. The van der Waals surface area contributed by atoms with Crippen molar-refractivity contribution in [3.8, 4) is 6.07 Å². The van der Waals surface area contributed by atoms with Gasteiger partial charge in [-0.15, -0.1) is 11.3 Å². The second-order valence-electron chi connectivity index (χ2n) is 6.87. The normalized spacial score (nSPS) is 15.7. The largest absolute Gasteiger partial charge is 0.405 e. The number of nitrogens with zero attached hydrogens (tertiary/aromatic N) is 4. The van der Waals surface area contributed by atoms with E-state index < -0.39 is 29.8 Å². The Bertz CT molecular complexity index is 1230. The Morgan fingerprint density at radius 2 is 2.09 bits per heavy atom. The lowest BCUT2D eigenvalue weighted by molar-refractivity contribution is -0.135. The Morgan fingerprint density at radius 3 is 2.73 bits per heavy atom. The first kappa shape index (κ1) is 24.3. The number of thiazole rings is 1. The molecule has 0 aromatic carbocycles. The van der Waals surface area contributed by atoms with Crippen LogP contribution >= 0.6 is 11.3 Å². The minimum Gasteiger partial charge on any atom is -0.378 e. The van der Waals surface area contributed by atoms with Gasteiger partial charge in [0.05, 0.1) is 13.2 Å². The monoisotopic (exact) mass is 482 g/mol. The van der Waals surface area contributed by atoms with E-state index in [4.69, 9.17) is 4.74 Å². The van der Waals surface area contributed by atoms with Crippen molar-refractivity contribution in [2.75, 3.05) is 43.1 Å². The fourth-order valence-electron chi connectivity index (χ4n) is 3.07. The van der Waals surface area contributed by atoms with Gasteiger partial charge >= 0.3 is 6.18 Å². The summed E-state index contributed by atoms with van der Waals surface area (Å²) in [6.07, 6.45) is -3.22. The molecular weight excluding hydrogens is 461 g/mol. The second kappa shape index (κ2) is 10.5. The molecule has 1 aliphatic heterocycles. The summed E-state index contributed by atoms with van der Waals surface area (Å²) in [7, 11) is 0. The Labute approximate surface area is 190 Å². The lowest BCUT2D eigenvalue weighted by atomic mass is 10.3. The summed E-state index contributed by atoms with van der Waals surface area (Å²) in [5.41, 5.74) is -1.04. The van der Waals surface area contributed by atoms with Gasteiger partial charge in [0.1, 0.15) is 33.4 Å². The summed E-state index contributed by atoms with van der Waals surface area (Å²) < 4.78 is 43.9. The number of ether oxygens (including phenoxy) is 1. The smallest absolute Gasteiger partial charge is 0.378 e. The maximum Gasteiger partial charge on any atom is 0.405 e. The summed E-state index contributed by atoms with van der Waals surface area (Å²) in [5.74, 6) is 0.0254. The molecule has 0 spiro atoms. The molecule has 0 unspecified atom stereocenters. The zero-order valence-corrected chi connectivity index (χ0v) is 18.4. The van der Waals surface area contributed by atoms with Crippen molar-refractivity contribution in [3.63, 3.8) is 0 Å². The van der Waals surface area contributed by atoms with E-state index in [1.165, 1.54) is 10.8 Å². The number of pyridine rings is 1. The van der Waals surface area contributed by atoms with Crippen LogP contribution in [0.15, 0.2) is 23.0 Å². The van der Waals surface area contributed by atoms with Crippen LogP contribution in [0, 0.1) is 11.3 Å². The van der Waals surface area contributed by atoms with Crippen LogP contribution in [0.2, 0.25) is 0 Å². The molecule has 13 heteroatoms. The maximum absolute atomic E-state index is 12.7. The molecule has 2 aromatic heterocycles. The first-order valence-electron chi connectivity index (χ1n) is 9.99. The molecule has 0 aliphatic carbocycles.